The minimum Gasteiger partial charge on any atom is -0.497 e. The summed E-state index contributed by atoms with van der Waals surface area (Å²) in [6, 6.07) is 8.06. The van der Waals surface area contributed by atoms with E-state index in [1.54, 1.807) is 7.11 Å². The number of rotatable bonds is 4. The minimum absolute atomic E-state index is 0.0498. The third kappa shape index (κ3) is 3.63. The van der Waals surface area contributed by atoms with Crippen molar-refractivity contribution in [3.8, 4) is 5.75 Å². The molecule has 0 amide bonds. The maximum absolute atomic E-state index is 13.5. The number of benzene rings is 1. The lowest BCUT2D eigenvalue weighted by molar-refractivity contribution is -0.193. The molecule has 5 heteroatoms. The van der Waals surface area contributed by atoms with Crippen molar-refractivity contribution >= 4 is 5.78 Å². The van der Waals surface area contributed by atoms with E-state index in [2.05, 4.69) is 39.8 Å². The molecular weight excluding hydrogens is 440 g/mol. The Bertz CT molecular complexity index is 971. The third-order valence-electron chi connectivity index (χ3n) is 10.8. The summed E-state index contributed by atoms with van der Waals surface area (Å²) in [5, 5.41) is 0. The molecule has 0 radical (unpaired) electrons. The van der Waals surface area contributed by atoms with Gasteiger partial charge in [0.1, 0.15) is 11.5 Å². The van der Waals surface area contributed by atoms with E-state index in [4.69, 9.17) is 18.9 Å². The van der Waals surface area contributed by atoms with Crippen LogP contribution in [0.1, 0.15) is 78.2 Å². The minimum atomic E-state index is -0.571. The van der Waals surface area contributed by atoms with Gasteiger partial charge in [-0.3, -0.25) is 4.79 Å². The summed E-state index contributed by atoms with van der Waals surface area (Å²) in [6.07, 6.45) is 7.80. The standard InChI is InChI=1S/C30H42O5/c1-28(2)34-26-21-8-6-7-14-29(21,3)20-13-15-30(4)23(31)16-22(25(30)24(20)27(26)35-28)33-17-18-9-11-19(32-5)12-10-18/h9-12,20-22,24-27H,6-8,13-17H2,1-5H3/t20?,21?,22?,24?,25?,26-,27-,29-,30-/m1/s1. The molecule has 4 aliphatic carbocycles. The van der Waals surface area contributed by atoms with Crippen LogP contribution in [-0.4, -0.2) is 37.0 Å². The van der Waals surface area contributed by atoms with Crippen LogP contribution in [0.15, 0.2) is 24.3 Å². The number of methoxy groups -OCH3 is 1. The van der Waals surface area contributed by atoms with Gasteiger partial charge in [0.15, 0.2) is 5.79 Å². The molecule has 0 spiro atoms. The summed E-state index contributed by atoms with van der Waals surface area (Å²) in [6.45, 7) is 9.41. The molecule has 1 heterocycles. The van der Waals surface area contributed by atoms with E-state index in [9.17, 15) is 4.79 Å². The van der Waals surface area contributed by atoms with Crippen LogP contribution in [0.5, 0.6) is 5.75 Å². The van der Waals surface area contributed by atoms with Crippen LogP contribution in [-0.2, 0) is 25.6 Å². The highest BCUT2D eigenvalue weighted by Gasteiger charge is 2.70. The van der Waals surface area contributed by atoms with Crippen molar-refractivity contribution in [3.05, 3.63) is 29.8 Å². The number of fused-ring (bicyclic) bond motifs is 8. The Hall–Kier alpha value is -1.43. The van der Waals surface area contributed by atoms with Gasteiger partial charge in [0.2, 0.25) is 0 Å². The summed E-state index contributed by atoms with van der Waals surface area (Å²) in [5.74, 6) is 2.23. The predicted molar refractivity (Wildman–Crippen MR) is 133 cm³/mol. The van der Waals surface area contributed by atoms with E-state index in [0.29, 0.717) is 36.6 Å². The average Bonchev–Trinajstić information content (AvgIpc) is 3.29. The van der Waals surface area contributed by atoms with Gasteiger partial charge >= 0.3 is 0 Å². The fourth-order valence-electron chi connectivity index (χ4n) is 9.12. The number of Topliss-reactive ketones (excluding diaryl/α,β-unsaturated/α-hetero) is 1. The molecule has 1 aromatic rings. The number of carbonyl (C=O) groups excluding carboxylic acids is 1. The number of ketones is 1. The molecule has 6 rings (SSSR count). The summed E-state index contributed by atoms with van der Waals surface area (Å²) in [5.41, 5.74) is 1.03. The maximum Gasteiger partial charge on any atom is 0.163 e. The Morgan fingerprint density at radius 3 is 2.43 bits per heavy atom. The highest BCUT2D eigenvalue weighted by Crippen LogP contribution is 2.68. The summed E-state index contributed by atoms with van der Waals surface area (Å²) in [4.78, 5) is 13.5. The lowest BCUT2D eigenvalue weighted by Crippen LogP contribution is -2.63. The third-order valence-corrected chi connectivity index (χ3v) is 10.8. The van der Waals surface area contributed by atoms with Crippen molar-refractivity contribution in [1.82, 2.24) is 0 Å². The van der Waals surface area contributed by atoms with Crippen LogP contribution in [0.3, 0.4) is 0 Å². The van der Waals surface area contributed by atoms with Crippen molar-refractivity contribution in [3.63, 3.8) is 0 Å². The van der Waals surface area contributed by atoms with E-state index >= 15 is 0 Å². The molecule has 1 aromatic carbocycles. The fourth-order valence-corrected chi connectivity index (χ4v) is 9.12. The SMILES string of the molecule is COc1ccc(COC2CC(=O)[C@@]3(C)CCC4C(C23)[C@H]2OC(C)(C)O[C@@H]2C2CCCC[C@]42C)cc1. The summed E-state index contributed by atoms with van der Waals surface area (Å²) >= 11 is 0. The Balaban J connectivity index is 1.34. The quantitative estimate of drug-likeness (QED) is 0.532. The van der Waals surface area contributed by atoms with Crippen LogP contribution < -0.4 is 4.74 Å². The van der Waals surface area contributed by atoms with Gasteiger partial charge < -0.3 is 18.9 Å². The lowest BCUT2D eigenvalue weighted by Gasteiger charge is -2.62. The van der Waals surface area contributed by atoms with Crippen molar-refractivity contribution in [2.24, 2.45) is 34.5 Å². The van der Waals surface area contributed by atoms with Crippen LogP contribution in [0.2, 0.25) is 0 Å². The van der Waals surface area contributed by atoms with Gasteiger partial charge in [0.05, 0.1) is 32.0 Å². The maximum atomic E-state index is 13.5. The second-order valence-corrected chi connectivity index (χ2v) is 12.9. The van der Waals surface area contributed by atoms with Crippen molar-refractivity contribution in [2.45, 2.75) is 103 Å². The zero-order valence-electron chi connectivity index (χ0n) is 22.0. The van der Waals surface area contributed by atoms with Gasteiger partial charge in [0, 0.05) is 17.8 Å². The molecule has 0 bridgehead atoms. The van der Waals surface area contributed by atoms with Gasteiger partial charge in [-0.25, -0.2) is 0 Å². The predicted octanol–water partition coefficient (Wildman–Crippen LogP) is 5.93. The molecule has 5 fully saturated rings. The first kappa shape index (κ1) is 23.9. The molecule has 5 nitrogen and oxygen atoms in total. The van der Waals surface area contributed by atoms with Crippen molar-refractivity contribution < 1.29 is 23.7 Å². The summed E-state index contributed by atoms with van der Waals surface area (Å²) < 4.78 is 25.3. The second kappa shape index (κ2) is 8.29. The van der Waals surface area contributed by atoms with E-state index in [1.165, 1.54) is 25.7 Å². The van der Waals surface area contributed by atoms with Crippen LogP contribution in [0.4, 0.5) is 0 Å². The molecule has 192 valence electrons. The topological polar surface area (TPSA) is 54.0 Å². The van der Waals surface area contributed by atoms with E-state index in [-0.39, 0.29) is 35.1 Å². The first-order valence-electron chi connectivity index (χ1n) is 13.8. The highest BCUT2D eigenvalue weighted by molar-refractivity contribution is 5.88. The van der Waals surface area contributed by atoms with Crippen molar-refractivity contribution in [2.75, 3.05) is 7.11 Å². The van der Waals surface area contributed by atoms with Gasteiger partial charge in [-0.2, -0.15) is 0 Å². The largest absolute Gasteiger partial charge is 0.497 e. The Labute approximate surface area is 210 Å². The Morgan fingerprint density at radius 2 is 1.69 bits per heavy atom. The number of hydrogen-bond acceptors (Lipinski definition) is 5. The average molecular weight is 483 g/mol. The monoisotopic (exact) mass is 482 g/mol. The fraction of sp³-hybridized carbons (Fsp3) is 0.767. The molecule has 5 unspecified atom stereocenters. The number of ether oxygens (including phenoxy) is 4. The van der Waals surface area contributed by atoms with Gasteiger partial charge in [0.25, 0.3) is 0 Å². The summed E-state index contributed by atoms with van der Waals surface area (Å²) in [7, 11) is 1.68. The van der Waals surface area contributed by atoms with Crippen molar-refractivity contribution in [1.29, 1.82) is 0 Å². The lowest BCUT2D eigenvalue weighted by atomic mass is 9.44. The normalized spacial score (nSPS) is 45.9. The molecule has 1 saturated heterocycles. The van der Waals surface area contributed by atoms with E-state index in [0.717, 1.165) is 24.2 Å². The van der Waals surface area contributed by atoms with Gasteiger partial charge in [-0.1, -0.05) is 38.8 Å². The Kier molecular flexibility index (Phi) is 5.67. The highest BCUT2D eigenvalue weighted by atomic mass is 16.8. The number of carbonyl (C=O) groups is 1. The smallest absolute Gasteiger partial charge is 0.163 e. The van der Waals surface area contributed by atoms with Crippen LogP contribution >= 0.6 is 0 Å². The molecule has 35 heavy (non-hydrogen) atoms. The van der Waals surface area contributed by atoms with E-state index < -0.39 is 5.79 Å². The molecule has 0 aromatic heterocycles. The van der Waals surface area contributed by atoms with Gasteiger partial charge in [-0.15, -0.1) is 0 Å². The zero-order valence-corrected chi connectivity index (χ0v) is 22.0. The zero-order chi connectivity index (χ0) is 24.6. The Morgan fingerprint density at radius 1 is 0.943 bits per heavy atom. The van der Waals surface area contributed by atoms with Crippen LogP contribution in [0.25, 0.3) is 0 Å². The molecule has 1 aliphatic heterocycles. The molecular formula is C30H42O5. The van der Waals surface area contributed by atoms with Crippen LogP contribution in [0, 0.1) is 34.5 Å². The van der Waals surface area contributed by atoms with Gasteiger partial charge in [-0.05, 0) is 80.4 Å². The first-order valence-corrected chi connectivity index (χ1v) is 13.8. The molecule has 4 saturated carbocycles. The molecule has 9 atom stereocenters. The first-order chi connectivity index (χ1) is 16.7. The second-order valence-electron chi connectivity index (χ2n) is 12.9. The molecule has 0 N–H and O–H groups in total. The van der Waals surface area contributed by atoms with E-state index in [1.807, 2.05) is 12.1 Å². The molecule has 5 aliphatic rings. The number of hydrogen-bond donors (Lipinski definition) is 0.